The number of hydrogen-bond acceptors (Lipinski definition) is 3. The standard InChI is InChI=1S/C9H13NO2.W/c1-8-2-4-9(5-3-8)10(12)6-7-11;/h2-5,11-12H,6-7H2,1H3;. The van der Waals surface area contributed by atoms with E-state index in [1.807, 2.05) is 31.2 Å². The summed E-state index contributed by atoms with van der Waals surface area (Å²) in [6, 6.07) is 7.45. The SMILES string of the molecule is Cc1ccc(N(O)CCO)cc1.[W]. The number of anilines is 1. The van der Waals surface area contributed by atoms with E-state index in [4.69, 9.17) is 5.11 Å². The molecule has 0 aliphatic rings. The number of hydrogen-bond donors (Lipinski definition) is 2. The van der Waals surface area contributed by atoms with Gasteiger partial charge in [-0.2, -0.15) is 0 Å². The molecular formula is C9H13NO2W. The first-order valence-corrected chi connectivity index (χ1v) is 3.88. The van der Waals surface area contributed by atoms with E-state index in [1.54, 1.807) is 0 Å². The Labute approximate surface area is 92.2 Å². The van der Waals surface area contributed by atoms with E-state index in [-0.39, 0.29) is 34.2 Å². The number of benzene rings is 1. The molecule has 0 amide bonds. The number of aliphatic hydroxyl groups is 1. The molecule has 13 heavy (non-hydrogen) atoms. The van der Waals surface area contributed by atoms with Crippen molar-refractivity contribution in [1.29, 1.82) is 0 Å². The molecule has 0 saturated heterocycles. The van der Waals surface area contributed by atoms with Crippen molar-refractivity contribution in [2.45, 2.75) is 6.92 Å². The van der Waals surface area contributed by atoms with Crippen LogP contribution in [0.4, 0.5) is 5.69 Å². The summed E-state index contributed by atoms with van der Waals surface area (Å²) in [5, 5.41) is 18.9. The molecular weight excluding hydrogens is 338 g/mol. The molecule has 0 radical (unpaired) electrons. The monoisotopic (exact) mass is 351 g/mol. The second kappa shape index (κ2) is 6.14. The van der Waals surface area contributed by atoms with Crippen molar-refractivity contribution in [3.05, 3.63) is 29.8 Å². The van der Waals surface area contributed by atoms with Crippen LogP contribution in [-0.4, -0.2) is 23.5 Å². The zero-order valence-corrected chi connectivity index (χ0v) is 10.4. The van der Waals surface area contributed by atoms with E-state index in [9.17, 15) is 5.21 Å². The van der Waals surface area contributed by atoms with E-state index < -0.39 is 0 Å². The first-order chi connectivity index (χ1) is 5.74. The van der Waals surface area contributed by atoms with Crippen LogP contribution < -0.4 is 5.06 Å². The van der Waals surface area contributed by atoms with Gasteiger partial charge in [-0.05, 0) is 19.1 Å². The fourth-order valence-electron chi connectivity index (χ4n) is 0.941. The van der Waals surface area contributed by atoms with Gasteiger partial charge in [-0.1, -0.05) is 17.7 Å². The molecule has 72 valence electrons. The average Bonchev–Trinajstić information content (AvgIpc) is 2.06. The molecule has 4 heteroatoms. The smallest absolute Gasteiger partial charge is 0.0685 e. The second-order valence-electron chi connectivity index (χ2n) is 2.68. The first kappa shape index (κ1) is 12.6. The number of rotatable bonds is 3. The average molecular weight is 351 g/mol. The minimum absolute atomic E-state index is 0. The Morgan fingerprint density at radius 2 is 1.77 bits per heavy atom. The molecule has 0 heterocycles. The van der Waals surface area contributed by atoms with Crippen molar-refractivity contribution < 1.29 is 31.4 Å². The van der Waals surface area contributed by atoms with Crippen LogP contribution in [-0.2, 0) is 21.1 Å². The van der Waals surface area contributed by atoms with Gasteiger partial charge in [0.05, 0.1) is 18.8 Å². The van der Waals surface area contributed by atoms with Crippen molar-refractivity contribution >= 4 is 5.69 Å². The Bertz CT molecular complexity index is 238. The van der Waals surface area contributed by atoms with Gasteiger partial charge in [-0.15, -0.1) is 0 Å². The molecule has 1 aromatic rings. The summed E-state index contributed by atoms with van der Waals surface area (Å²) >= 11 is 0. The maximum absolute atomic E-state index is 9.28. The Balaban J connectivity index is 0.00000144. The van der Waals surface area contributed by atoms with E-state index in [2.05, 4.69) is 0 Å². The Morgan fingerprint density at radius 1 is 1.23 bits per heavy atom. The van der Waals surface area contributed by atoms with Crippen LogP contribution in [0, 0.1) is 6.92 Å². The van der Waals surface area contributed by atoms with E-state index in [1.165, 1.54) is 0 Å². The molecule has 3 nitrogen and oxygen atoms in total. The van der Waals surface area contributed by atoms with E-state index >= 15 is 0 Å². The summed E-state index contributed by atoms with van der Waals surface area (Å²) in [6.07, 6.45) is 0. The normalized spacial score (nSPS) is 9.15. The van der Waals surface area contributed by atoms with Gasteiger partial charge in [0.2, 0.25) is 0 Å². The van der Waals surface area contributed by atoms with Crippen LogP contribution in [0.3, 0.4) is 0 Å². The predicted octanol–water partition coefficient (Wildman–Crippen LogP) is 1.18. The summed E-state index contributed by atoms with van der Waals surface area (Å²) in [4.78, 5) is 0. The summed E-state index contributed by atoms with van der Waals surface area (Å²) in [6.45, 7) is 2.17. The van der Waals surface area contributed by atoms with Gasteiger partial charge in [0.25, 0.3) is 0 Å². The number of aliphatic hydroxyl groups excluding tert-OH is 1. The number of aryl methyl sites for hydroxylation is 1. The second-order valence-corrected chi connectivity index (χ2v) is 2.68. The third kappa shape index (κ3) is 3.90. The van der Waals surface area contributed by atoms with Gasteiger partial charge in [0.1, 0.15) is 0 Å². The van der Waals surface area contributed by atoms with Crippen molar-refractivity contribution in [3.8, 4) is 0 Å². The molecule has 0 aromatic heterocycles. The zero-order valence-electron chi connectivity index (χ0n) is 7.47. The van der Waals surface area contributed by atoms with E-state index in [0.717, 1.165) is 10.6 Å². The molecule has 0 saturated carbocycles. The molecule has 0 unspecified atom stereocenters. The maximum Gasteiger partial charge on any atom is 0.0685 e. The van der Waals surface area contributed by atoms with Crippen LogP contribution in [0.1, 0.15) is 5.56 Å². The third-order valence-corrected chi connectivity index (χ3v) is 1.64. The Morgan fingerprint density at radius 3 is 2.23 bits per heavy atom. The third-order valence-electron chi connectivity index (χ3n) is 1.64. The molecule has 1 aromatic carbocycles. The zero-order chi connectivity index (χ0) is 8.97. The molecule has 0 aliphatic carbocycles. The molecule has 0 spiro atoms. The molecule has 0 bridgehead atoms. The Hall–Kier alpha value is -0.372. The predicted molar refractivity (Wildman–Crippen MR) is 47.4 cm³/mol. The first-order valence-electron chi connectivity index (χ1n) is 3.88. The maximum atomic E-state index is 9.28. The molecule has 0 atom stereocenters. The molecule has 2 N–H and O–H groups in total. The molecule has 1 rings (SSSR count). The quantitative estimate of drug-likeness (QED) is 0.804. The summed E-state index contributed by atoms with van der Waals surface area (Å²) in [5.74, 6) is 0. The van der Waals surface area contributed by atoms with Crippen LogP contribution in [0.15, 0.2) is 24.3 Å². The van der Waals surface area contributed by atoms with Crippen molar-refractivity contribution in [3.63, 3.8) is 0 Å². The number of hydroxylamine groups is 1. The fourth-order valence-corrected chi connectivity index (χ4v) is 0.941. The van der Waals surface area contributed by atoms with Crippen LogP contribution >= 0.6 is 0 Å². The van der Waals surface area contributed by atoms with Gasteiger partial charge in [0, 0.05) is 21.1 Å². The number of nitrogens with zero attached hydrogens (tertiary/aromatic N) is 1. The van der Waals surface area contributed by atoms with Gasteiger partial charge in [-0.25, -0.2) is 0 Å². The van der Waals surface area contributed by atoms with Gasteiger partial charge in [0.15, 0.2) is 0 Å². The Kier molecular flexibility index (Phi) is 5.96. The van der Waals surface area contributed by atoms with Crippen LogP contribution in [0.2, 0.25) is 0 Å². The van der Waals surface area contributed by atoms with Gasteiger partial charge < -0.3 is 5.11 Å². The van der Waals surface area contributed by atoms with Gasteiger partial charge in [-0.3, -0.25) is 10.3 Å². The largest absolute Gasteiger partial charge is 0.394 e. The summed E-state index contributed by atoms with van der Waals surface area (Å²) < 4.78 is 0. The summed E-state index contributed by atoms with van der Waals surface area (Å²) in [7, 11) is 0. The van der Waals surface area contributed by atoms with Crippen molar-refractivity contribution in [2.24, 2.45) is 0 Å². The minimum atomic E-state index is -0.0512. The van der Waals surface area contributed by atoms with E-state index in [0.29, 0.717) is 5.69 Å². The van der Waals surface area contributed by atoms with Crippen molar-refractivity contribution in [2.75, 3.05) is 18.2 Å². The fraction of sp³-hybridized carbons (Fsp3) is 0.333. The molecule has 0 aliphatic heterocycles. The van der Waals surface area contributed by atoms with Crippen molar-refractivity contribution in [1.82, 2.24) is 0 Å². The summed E-state index contributed by atoms with van der Waals surface area (Å²) in [5.41, 5.74) is 1.85. The van der Waals surface area contributed by atoms with Crippen LogP contribution in [0.25, 0.3) is 0 Å². The molecule has 0 fully saturated rings. The van der Waals surface area contributed by atoms with Gasteiger partial charge >= 0.3 is 0 Å². The topological polar surface area (TPSA) is 43.7 Å². The minimum Gasteiger partial charge on any atom is -0.394 e. The van der Waals surface area contributed by atoms with Crippen LogP contribution in [0.5, 0.6) is 0 Å².